The number of thiophene rings is 1. The van der Waals surface area contributed by atoms with Crippen molar-refractivity contribution >= 4 is 64.8 Å². The number of para-hydroxylation sites is 2. The van der Waals surface area contributed by atoms with Gasteiger partial charge in [-0.1, -0.05) is 146 Å². The number of benzene rings is 8. The molecule has 10 rings (SSSR count). The van der Waals surface area contributed by atoms with Gasteiger partial charge in [0, 0.05) is 47.9 Å². The first-order valence-corrected chi connectivity index (χ1v) is 18.1. The van der Waals surface area contributed by atoms with Gasteiger partial charge in [-0.25, -0.2) is 0 Å². The maximum absolute atomic E-state index is 6.28. The molecular formula is C48H31NOS. The van der Waals surface area contributed by atoms with Gasteiger partial charge in [-0.3, -0.25) is 0 Å². The summed E-state index contributed by atoms with van der Waals surface area (Å²) in [5.41, 5.74) is 13.5. The minimum Gasteiger partial charge on any atom is -0.455 e. The van der Waals surface area contributed by atoms with Gasteiger partial charge < -0.3 is 9.73 Å². The Morgan fingerprint density at radius 2 is 0.824 bits per heavy atom. The van der Waals surface area contributed by atoms with Crippen LogP contribution in [0.25, 0.3) is 86.6 Å². The Hall–Kier alpha value is -6.42. The third-order valence-electron chi connectivity index (χ3n) is 9.93. The van der Waals surface area contributed by atoms with E-state index in [-0.39, 0.29) is 0 Å². The quantitative estimate of drug-likeness (QED) is 0.191. The van der Waals surface area contributed by atoms with Gasteiger partial charge in [0.2, 0.25) is 0 Å². The Morgan fingerprint density at radius 3 is 1.47 bits per heavy atom. The predicted octanol–water partition coefficient (Wildman–Crippen LogP) is 14.4. The van der Waals surface area contributed by atoms with Crippen molar-refractivity contribution < 1.29 is 4.42 Å². The van der Waals surface area contributed by atoms with E-state index >= 15 is 0 Å². The van der Waals surface area contributed by atoms with E-state index in [4.69, 9.17) is 4.42 Å². The zero-order chi connectivity index (χ0) is 33.7. The molecule has 0 spiro atoms. The molecule has 1 N–H and O–H groups in total. The van der Waals surface area contributed by atoms with Crippen LogP contribution in [0.5, 0.6) is 0 Å². The van der Waals surface area contributed by atoms with Gasteiger partial charge in [0.25, 0.3) is 0 Å². The third kappa shape index (κ3) is 5.27. The maximum atomic E-state index is 6.28. The number of rotatable bonds is 6. The van der Waals surface area contributed by atoms with E-state index in [1.807, 2.05) is 23.5 Å². The normalized spacial score (nSPS) is 11.5. The van der Waals surface area contributed by atoms with Crippen LogP contribution in [-0.4, -0.2) is 0 Å². The summed E-state index contributed by atoms with van der Waals surface area (Å²) >= 11 is 1.88. The van der Waals surface area contributed by atoms with Gasteiger partial charge in [-0.15, -0.1) is 11.3 Å². The topological polar surface area (TPSA) is 25.2 Å². The molecule has 0 unspecified atom stereocenters. The molecule has 0 aliphatic rings. The van der Waals surface area contributed by atoms with E-state index < -0.39 is 0 Å². The van der Waals surface area contributed by atoms with E-state index in [9.17, 15) is 0 Å². The fraction of sp³-hybridized carbons (Fsp3) is 0. The first-order chi connectivity index (χ1) is 25.2. The Labute approximate surface area is 299 Å². The van der Waals surface area contributed by atoms with E-state index in [1.54, 1.807) is 0 Å². The van der Waals surface area contributed by atoms with Crippen molar-refractivity contribution in [1.82, 2.24) is 0 Å². The van der Waals surface area contributed by atoms with Crippen molar-refractivity contribution in [2.75, 3.05) is 5.32 Å². The van der Waals surface area contributed by atoms with E-state index in [0.717, 1.165) is 44.4 Å². The van der Waals surface area contributed by atoms with Gasteiger partial charge in [0.05, 0.1) is 0 Å². The molecule has 0 aliphatic heterocycles. The molecule has 10 aromatic rings. The lowest BCUT2D eigenvalue weighted by atomic mass is 9.98. The van der Waals surface area contributed by atoms with Crippen molar-refractivity contribution in [3.63, 3.8) is 0 Å². The molecule has 2 heterocycles. The molecule has 2 aromatic heterocycles. The van der Waals surface area contributed by atoms with Gasteiger partial charge in [-0.05, 0) is 75.3 Å². The zero-order valence-electron chi connectivity index (χ0n) is 27.6. The summed E-state index contributed by atoms with van der Waals surface area (Å²) in [6, 6.07) is 64.9. The van der Waals surface area contributed by atoms with Gasteiger partial charge in [0.15, 0.2) is 0 Å². The number of hydrogen-bond acceptors (Lipinski definition) is 3. The average molecular weight is 670 g/mol. The van der Waals surface area contributed by atoms with E-state index in [0.29, 0.717) is 0 Å². The summed E-state index contributed by atoms with van der Waals surface area (Å²) in [6.45, 7) is 0. The molecule has 0 saturated heterocycles. The van der Waals surface area contributed by atoms with Gasteiger partial charge >= 0.3 is 0 Å². The van der Waals surface area contributed by atoms with Crippen LogP contribution in [0.15, 0.2) is 186 Å². The van der Waals surface area contributed by atoms with Gasteiger partial charge in [0.1, 0.15) is 11.2 Å². The molecule has 0 fully saturated rings. The second-order valence-electron chi connectivity index (χ2n) is 13.0. The molecule has 0 aliphatic carbocycles. The SMILES string of the molecule is c1ccc2c(c1)oc1c(-c3ccc(-c4ccc(Nc5ccc(-c6ccc(-c7cccc8c7sc7ccccc78)cc6)cc5)cc4)cc3)cccc12. The highest BCUT2D eigenvalue weighted by Crippen LogP contribution is 2.40. The average Bonchev–Trinajstić information content (AvgIpc) is 3.78. The van der Waals surface area contributed by atoms with Crippen molar-refractivity contribution in [3.05, 3.63) is 182 Å². The van der Waals surface area contributed by atoms with Crippen molar-refractivity contribution in [3.8, 4) is 44.5 Å². The van der Waals surface area contributed by atoms with E-state index in [1.165, 1.54) is 53.6 Å². The molecule has 0 bridgehead atoms. The highest BCUT2D eigenvalue weighted by atomic mass is 32.1. The van der Waals surface area contributed by atoms with Gasteiger partial charge in [-0.2, -0.15) is 0 Å². The third-order valence-corrected chi connectivity index (χ3v) is 11.1. The number of anilines is 2. The molecule has 240 valence electrons. The standard InChI is InChI=1S/C48H31NOS/c1-3-13-45-41(7-1)43-11-5-9-39(47(43)50-45)35-19-15-31(16-20-35)33-23-27-37(28-24-33)49-38-29-25-34(26-30-38)32-17-21-36(22-18-32)40-10-6-12-44-42-8-2-4-14-46(42)51-48(40)44/h1-30,49H. The monoisotopic (exact) mass is 669 g/mol. The Bertz CT molecular complexity index is 2640. The molecule has 0 saturated carbocycles. The Kier molecular flexibility index (Phi) is 7.04. The minimum absolute atomic E-state index is 0.920. The van der Waals surface area contributed by atoms with Crippen molar-refractivity contribution in [1.29, 1.82) is 0 Å². The lowest BCUT2D eigenvalue weighted by molar-refractivity contribution is 0.670. The van der Waals surface area contributed by atoms with Crippen LogP contribution in [0.2, 0.25) is 0 Å². The van der Waals surface area contributed by atoms with Crippen LogP contribution in [0.1, 0.15) is 0 Å². The molecule has 0 amide bonds. The fourth-order valence-electron chi connectivity index (χ4n) is 7.29. The zero-order valence-corrected chi connectivity index (χ0v) is 28.5. The highest BCUT2D eigenvalue weighted by Gasteiger charge is 2.13. The summed E-state index contributed by atoms with van der Waals surface area (Å²) in [5, 5.41) is 8.53. The molecule has 2 nitrogen and oxygen atoms in total. The molecule has 8 aromatic carbocycles. The fourth-order valence-corrected chi connectivity index (χ4v) is 8.53. The predicted molar refractivity (Wildman–Crippen MR) is 218 cm³/mol. The summed E-state index contributed by atoms with van der Waals surface area (Å²) in [7, 11) is 0. The highest BCUT2D eigenvalue weighted by molar-refractivity contribution is 7.26. The van der Waals surface area contributed by atoms with Crippen LogP contribution < -0.4 is 5.32 Å². The molecule has 0 radical (unpaired) electrons. The molecule has 3 heteroatoms. The number of hydrogen-bond donors (Lipinski definition) is 1. The first-order valence-electron chi connectivity index (χ1n) is 17.2. The second-order valence-corrected chi connectivity index (χ2v) is 14.0. The number of furan rings is 1. The van der Waals surface area contributed by atoms with Crippen molar-refractivity contribution in [2.45, 2.75) is 0 Å². The van der Waals surface area contributed by atoms with Crippen LogP contribution in [0.4, 0.5) is 11.4 Å². The molecule has 0 atom stereocenters. The lowest BCUT2D eigenvalue weighted by Crippen LogP contribution is -1.90. The number of nitrogens with one attached hydrogen (secondary N) is 1. The first kappa shape index (κ1) is 29.5. The van der Waals surface area contributed by atoms with Crippen LogP contribution >= 0.6 is 11.3 Å². The van der Waals surface area contributed by atoms with Crippen LogP contribution in [-0.2, 0) is 0 Å². The largest absolute Gasteiger partial charge is 0.455 e. The molecular weight excluding hydrogens is 639 g/mol. The van der Waals surface area contributed by atoms with Crippen LogP contribution in [0, 0.1) is 0 Å². The minimum atomic E-state index is 0.920. The summed E-state index contributed by atoms with van der Waals surface area (Å²) < 4.78 is 8.96. The number of fused-ring (bicyclic) bond motifs is 6. The summed E-state index contributed by atoms with van der Waals surface area (Å²) in [4.78, 5) is 0. The van der Waals surface area contributed by atoms with Crippen LogP contribution in [0.3, 0.4) is 0 Å². The second kappa shape index (κ2) is 12.2. The maximum Gasteiger partial charge on any atom is 0.143 e. The lowest BCUT2D eigenvalue weighted by Gasteiger charge is -2.10. The Balaban J connectivity index is 0.833. The summed E-state index contributed by atoms with van der Waals surface area (Å²) in [6.07, 6.45) is 0. The van der Waals surface area contributed by atoms with Crippen molar-refractivity contribution in [2.24, 2.45) is 0 Å². The molecule has 51 heavy (non-hydrogen) atoms. The smallest absolute Gasteiger partial charge is 0.143 e. The Morgan fingerprint density at radius 1 is 0.353 bits per heavy atom. The van der Waals surface area contributed by atoms with E-state index in [2.05, 4.69) is 175 Å². The summed E-state index contributed by atoms with van der Waals surface area (Å²) in [5.74, 6) is 0.